The minimum Gasteiger partial charge on any atom is -0.396 e. The van der Waals surface area contributed by atoms with Gasteiger partial charge in [0.2, 0.25) is 5.91 Å². The molecule has 12 heavy (non-hydrogen) atoms. The van der Waals surface area contributed by atoms with Gasteiger partial charge in [0.1, 0.15) is 0 Å². The standard InChI is InChI=1S/C7H17N2O2P/c1-6(4-3-5-10)7(11)8-9(2)12/h6,10H,3-5,12H2,1-2H3,(H,8,11)/i2D. The molecule has 0 aliphatic rings. The molecule has 0 saturated heterocycles. The van der Waals surface area contributed by atoms with E-state index >= 15 is 0 Å². The number of aliphatic hydroxyl groups is 1. The third-order valence-electron chi connectivity index (χ3n) is 1.50. The highest BCUT2D eigenvalue weighted by molar-refractivity contribution is 7.13. The number of aliphatic hydroxyl groups excluding tert-OH is 1. The van der Waals surface area contributed by atoms with E-state index in [0.29, 0.717) is 12.8 Å². The Hall–Kier alpha value is -0.180. The van der Waals surface area contributed by atoms with Gasteiger partial charge in [-0.2, -0.15) is 0 Å². The summed E-state index contributed by atoms with van der Waals surface area (Å²) in [5.74, 6) is -0.238. The zero-order chi connectivity index (χ0) is 10.3. The Labute approximate surface area is 77.0 Å². The molecule has 0 radical (unpaired) electrons. The van der Waals surface area contributed by atoms with Crippen molar-refractivity contribution >= 4 is 15.3 Å². The summed E-state index contributed by atoms with van der Waals surface area (Å²) in [5, 5.41) is 8.55. The Kier molecular flexibility index (Phi) is 5.24. The van der Waals surface area contributed by atoms with Gasteiger partial charge < -0.3 is 5.11 Å². The second kappa shape index (κ2) is 6.35. The first-order valence-electron chi connectivity index (χ1n) is 4.55. The lowest BCUT2D eigenvalue weighted by atomic mass is 10.1. The van der Waals surface area contributed by atoms with Gasteiger partial charge >= 0.3 is 0 Å². The SMILES string of the molecule is [2H]CN(P)NC(=O)C(C)CCCO. The summed E-state index contributed by atoms with van der Waals surface area (Å²) >= 11 is 0. The van der Waals surface area contributed by atoms with Gasteiger partial charge in [-0.1, -0.05) is 6.92 Å². The van der Waals surface area contributed by atoms with E-state index in [1.165, 1.54) is 4.78 Å². The van der Waals surface area contributed by atoms with Gasteiger partial charge in [0.25, 0.3) is 0 Å². The van der Waals surface area contributed by atoms with Crippen LogP contribution in [0.2, 0.25) is 0 Å². The van der Waals surface area contributed by atoms with E-state index in [1.807, 2.05) is 0 Å². The van der Waals surface area contributed by atoms with Crippen LogP contribution in [0.4, 0.5) is 0 Å². The summed E-state index contributed by atoms with van der Waals surface area (Å²) in [6.45, 7) is 1.91. The quantitative estimate of drug-likeness (QED) is 0.482. The third kappa shape index (κ3) is 5.47. The lowest BCUT2D eigenvalue weighted by Crippen LogP contribution is -2.36. The Balaban J connectivity index is 3.68. The zero-order valence-electron chi connectivity index (χ0n) is 8.29. The highest BCUT2D eigenvalue weighted by Crippen LogP contribution is 2.05. The molecule has 0 heterocycles. The lowest BCUT2D eigenvalue weighted by molar-refractivity contribution is -0.127. The molecule has 0 fully saturated rings. The zero-order valence-corrected chi connectivity index (χ0v) is 8.44. The van der Waals surface area contributed by atoms with Crippen molar-refractivity contribution in [3.05, 3.63) is 0 Å². The molecule has 4 nitrogen and oxygen atoms in total. The van der Waals surface area contributed by atoms with E-state index < -0.39 is 0 Å². The fourth-order valence-electron chi connectivity index (χ4n) is 0.780. The van der Waals surface area contributed by atoms with Crippen molar-refractivity contribution in [1.82, 2.24) is 10.2 Å². The molecule has 0 aliphatic heterocycles. The second-order valence-corrected chi connectivity index (χ2v) is 3.34. The summed E-state index contributed by atoms with van der Waals surface area (Å²) in [6.07, 6.45) is 1.30. The van der Waals surface area contributed by atoms with Crippen molar-refractivity contribution in [2.45, 2.75) is 19.8 Å². The molecule has 0 aromatic rings. The molecule has 0 aliphatic carbocycles. The summed E-state index contributed by atoms with van der Waals surface area (Å²) in [4.78, 5) is 11.3. The van der Waals surface area contributed by atoms with Gasteiger partial charge in [0, 0.05) is 20.9 Å². The number of rotatable bonds is 5. The second-order valence-electron chi connectivity index (χ2n) is 2.71. The number of carbonyl (C=O) groups is 1. The van der Waals surface area contributed by atoms with E-state index in [2.05, 4.69) is 14.8 Å². The van der Waals surface area contributed by atoms with Crippen LogP contribution in [0, 0.1) is 5.92 Å². The Morgan fingerprint density at radius 3 is 3.08 bits per heavy atom. The smallest absolute Gasteiger partial charge is 0.237 e. The van der Waals surface area contributed by atoms with Crippen LogP contribution in [0.1, 0.15) is 21.1 Å². The minimum absolute atomic E-state index is 0.00310. The average Bonchev–Trinajstić information content (AvgIpc) is 2.13. The number of carbonyl (C=O) groups excluding carboxylic acids is 1. The van der Waals surface area contributed by atoms with E-state index in [-0.39, 0.29) is 25.5 Å². The van der Waals surface area contributed by atoms with Gasteiger partial charge in [-0.3, -0.25) is 10.2 Å². The number of nitrogens with one attached hydrogen (secondary N) is 1. The maximum atomic E-state index is 11.3. The molecule has 0 saturated carbocycles. The number of hydrazine groups is 1. The fraction of sp³-hybridized carbons (Fsp3) is 0.857. The molecule has 0 bridgehead atoms. The molecule has 0 spiro atoms. The first-order chi connectivity index (χ1) is 6.11. The maximum absolute atomic E-state index is 11.3. The number of hydrogen-bond acceptors (Lipinski definition) is 3. The summed E-state index contributed by atoms with van der Waals surface area (Å²) in [5.41, 5.74) is 2.53. The Morgan fingerprint density at radius 1 is 1.92 bits per heavy atom. The monoisotopic (exact) mass is 193 g/mol. The van der Waals surface area contributed by atoms with Crippen LogP contribution in [0.3, 0.4) is 0 Å². The first-order valence-corrected chi connectivity index (χ1v) is 4.36. The number of amides is 1. The van der Waals surface area contributed by atoms with E-state index in [0.717, 1.165) is 0 Å². The maximum Gasteiger partial charge on any atom is 0.237 e. The largest absolute Gasteiger partial charge is 0.396 e. The van der Waals surface area contributed by atoms with Crippen LogP contribution in [0.25, 0.3) is 0 Å². The molecule has 72 valence electrons. The highest BCUT2D eigenvalue weighted by atomic mass is 31.0. The molecule has 5 heteroatoms. The number of nitrogens with zero attached hydrogens (tertiary/aromatic N) is 1. The first kappa shape index (κ1) is 9.90. The van der Waals surface area contributed by atoms with Gasteiger partial charge in [-0.05, 0) is 22.2 Å². The molecule has 2 atom stereocenters. The van der Waals surface area contributed by atoms with Gasteiger partial charge in [0.05, 0.1) is 0 Å². The Bertz CT molecular complexity index is 159. The van der Waals surface area contributed by atoms with Crippen LogP contribution in [0.5, 0.6) is 0 Å². The molecule has 0 aromatic heterocycles. The van der Waals surface area contributed by atoms with E-state index in [4.69, 9.17) is 6.48 Å². The molecule has 1 amide bonds. The van der Waals surface area contributed by atoms with E-state index in [9.17, 15) is 4.79 Å². The van der Waals surface area contributed by atoms with Crippen LogP contribution in [0.15, 0.2) is 0 Å². The normalized spacial score (nSPS) is 14.2. The minimum atomic E-state index is -0.123. The predicted molar refractivity (Wildman–Crippen MR) is 51.1 cm³/mol. The van der Waals surface area contributed by atoms with Crippen molar-refractivity contribution in [2.75, 3.05) is 13.6 Å². The topological polar surface area (TPSA) is 52.6 Å². The van der Waals surface area contributed by atoms with Gasteiger partial charge in [0.15, 0.2) is 0 Å². The summed E-state index contributed by atoms with van der Waals surface area (Å²) in [6, 6.07) is 0. The highest BCUT2D eigenvalue weighted by Gasteiger charge is 2.11. The predicted octanol–water partition coefficient (Wildman–Crippen LogP) is 0.148. The molecule has 0 aromatic carbocycles. The molecule has 0 rings (SSSR count). The van der Waals surface area contributed by atoms with Crippen LogP contribution >= 0.6 is 9.39 Å². The van der Waals surface area contributed by atoms with E-state index in [1.54, 1.807) is 6.92 Å². The third-order valence-corrected chi connectivity index (χ3v) is 1.63. The van der Waals surface area contributed by atoms with Crippen LogP contribution in [-0.4, -0.2) is 29.4 Å². The summed E-state index contributed by atoms with van der Waals surface area (Å²) in [7, 11) is 2.24. The molecule has 2 unspecified atom stereocenters. The van der Waals surface area contributed by atoms with Crippen molar-refractivity contribution in [1.29, 1.82) is 0 Å². The van der Waals surface area contributed by atoms with Crippen molar-refractivity contribution in [3.63, 3.8) is 0 Å². The number of hydrogen-bond donors (Lipinski definition) is 2. The van der Waals surface area contributed by atoms with Crippen LogP contribution in [-0.2, 0) is 4.79 Å². The van der Waals surface area contributed by atoms with Crippen molar-refractivity contribution < 1.29 is 11.3 Å². The summed E-state index contributed by atoms with van der Waals surface area (Å²) < 4.78 is 8.26. The molecular weight excluding hydrogens is 175 g/mol. The van der Waals surface area contributed by atoms with Gasteiger partial charge in [-0.25, -0.2) is 4.78 Å². The van der Waals surface area contributed by atoms with Crippen LogP contribution < -0.4 is 5.43 Å². The molecular formula is C7H17N2O2P. The molecule has 2 N–H and O–H groups in total. The lowest BCUT2D eigenvalue weighted by Gasteiger charge is -2.15. The Morgan fingerprint density at radius 2 is 2.58 bits per heavy atom. The van der Waals surface area contributed by atoms with Crippen molar-refractivity contribution in [2.24, 2.45) is 5.92 Å². The van der Waals surface area contributed by atoms with Crippen molar-refractivity contribution in [3.8, 4) is 0 Å². The fourth-order valence-corrected chi connectivity index (χ4v) is 0.908. The van der Waals surface area contributed by atoms with Gasteiger partial charge in [-0.15, -0.1) is 0 Å². The average molecular weight is 193 g/mol.